The Kier molecular flexibility index (Phi) is 5.24. The van der Waals surface area contributed by atoms with Crippen LogP contribution in [0.1, 0.15) is 25.3 Å². The van der Waals surface area contributed by atoms with Crippen LogP contribution in [0.3, 0.4) is 0 Å². The van der Waals surface area contributed by atoms with E-state index < -0.39 is 10.0 Å². The molecule has 0 atom stereocenters. The molecule has 1 aliphatic heterocycles. The van der Waals surface area contributed by atoms with E-state index in [0.717, 1.165) is 12.8 Å². The Morgan fingerprint density at radius 1 is 1.33 bits per heavy atom. The highest BCUT2D eigenvalue weighted by Crippen LogP contribution is 2.28. The molecule has 0 saturated carbocycles. The van der Waals surface area contributed by atoms with Gasteiger partial charge in [-0.3, -0.25) is 0 Å². The number of ether oxygens (including phenoxy) is 1. The molecule has 0 bridgehead atoms. The van der Waals surface area contributed by atoms with Crippen LogP contribution in [0, 0.1) is 5.92 Å². The van der Waals surface area contributed by atoms with Crippen LogP contribution in [0.15, 0.2) is 23.1 Å². The van der Waals surface area contributed by atoms with Crippen LogP contribution in [0.5, 0.6) is 5.75 Å². The molecule has 118 valence electrons. The van der Waals surface area contributed by atoms with Gasteiger partial charge in [-0.2, -0.15) is 4.31 Å². The van der Waals surface area contributed by atoms with Gasteiger partial charge in [-0.25, -0.2) is 8.42 Å². The number of rotatable bonds is 5. The van der Waals surface area contributed by atoms with Crippen LogP contribution in [0.2, 0.25) is 0 Å². The van der Waals surface area contributed by atoms with Gasteiger partial charge in [-0.15, -0.1) is 0 Å². The molecule has 1 aromatic rings. The Hall–Kier alpha value is -1.11. The topological polar surface area (TPSA) is 66.8 Å². The quantitative estimate of drug-likeness (QED) is 0.897. The highest BCUT2D eigenvalue weighted by atomic mass is 32.2. The van der Waals surface area contributed by atoms with E-state index in [0.29, 0.717) is 36.7 Å². The van der Waals surface area contributed by atoms with Crippen molar-refractivity contribution in [2.45, 2.75) is 31.1 Å². The summed E-state index contributed by atoms with van der Waals surface area (Å²) in [5.41, 5.74) is 0.607. The fourth-order valence-corrected chi connectivity index (χ4v) is 4.32. The lowest BCUT2D eigenvalue weighted by atomic mass is 10.0. The van der Waals surface area contributed by atoms with Crippen molar-refractivity contribution in [1.82, 2.24) is 4.31 Å². The summed E-state index contributed by atoms with van der Waals surface area (Å²) in [4.78, 5) is 0.284. The van der Waals surface area contributed by atoms with Gasteiger partial charge in [0.05, 0.1) is 12.0 Å². The van der Waals surface area contributed by atoms with Crippen molar-refractivity contribution in [3.8, 4) is 5.75 Å². The number of nitrogens with zero attached hydrogens (tertiary/aromatic N) is 1. The summed E-state index contributed by atoms with van der Waals surface area (Å²) < 4.78 is 32.3. The fourth-order valence-electron chi connectivity index (χ4n) is 2.61. The van der Waals surface area contributed by atoms with Gasteiger partial charge in [0.25, 0.3) is 0 Å². The first kappa shape index (κ1) is 16.3. The molecule has 1 heterocycles. The molecule has 2 rings (SSSR count). The van der Waals surface area contributed by atoms with Gasteiger partial charge in [-0.05, 0) is 48.9 Å². The zero-order valence-electron chi connectivity index (χ0n) is 12.6. The normalized spacial score (nSPS) is 17.9. The third-order valence-electron chi connectivity index (χ3n) is 4.01. The van der Waals surface area contributed by atoms with E-state index in [9.17, 15) is 8.42 Å². The minimum atomic E-state index is -3.50. The van der Waals surface area contributed by atoms with Crippen molar-refractivity contribution in [2.24, 2.45) is 5.92 Å². The van der Waals surface area contributed by atoms with Crippen LogP contribution < -0.4 is 4.74 Å². The van der Waals surface area contributed by atoms with Crippen molar-refractivity contribution in [2.75, 3.05) is 26.8 Å². The Labute approximate surface area is 126 Å². The maximum absolute atomic E-state index is 12.8. The molecule has 0 aromatic heterocycles. The van der Waals surface area contributed by atoms with Crippen molar-refractivity contribution in [1.29, 1.82) is 0 Å². The van der Waals surface area contributed by atoms with Gasteiger partial charge in [-0.1, -0.05) is 6.92 Å². The predicted octanol–water partition coefficient (Wildman–Crippen LogP) is 1.65. The monoisotopic (exact) mass is 313 g/mol. The van der Waals surface area contributed by atoms with Crippen LogP contribution in [0.4, 0.5) is 0 Å². The summed E-state index contributed by atoms with van der Waals surface area (Å²) in [6.45, 7) is 3.18. The maximum Gasteiger partial charge on any atom is 0.243 e. The second-order valence-corrected chi connectivity index (χ2v) is 7.44. The molecule has 0 spiro atoms. The first-order valence-electron chi connectivity index (χ1n) is 7.27. The molecule has 1 saturated heterocycles. The average Bonchev–Trinajstić information content (AvgIpc) is 2.47. The Balaban J connectivity index is 2.34. The van der Waals surface area contributed by atoms with Gasteiger partial charge in [0, 0.05) is 19.7 Å². The maximum atomic E-state index is 12.8. The van der Waals surface area contributed by atoms with Gasteiger partial charge in [0.1, 0.15) is 5.75 Å². The number of sulfonamides is 1. The Morgan fingerprint density at radius 3 is 2.57 bits per heavy atom. The molecule has 6 heteroatoms. The Bertz CT molecular complexity index is 577. The summed E-state index contributed by atoms with van der Waals surface area (Å²) in [5, 5.41) is 9.17. The molecular weight excluding hydrogens is 290 g/mol. The highest BCUT2D eigenvalue weighted by Gasteiger charge is 2.29. The SMILES string of the molecule is COc1ccc(S(=O)(=O)N2CCC(C)CC2)c(CCO)c1. The number of aliphatic hydroxyl groups is 1. The summed E-state index contributed by atoms with van der Waals surface area (Å²) in [5.74, 6) is 1.17. The van der Waals surface area contributed by atoms with Crippen molar-refractivity contribution in [3.05, 3.63) is 23.8 Å². The van der Waals surface area contributed by atoms with Crippen molar-refractivity contribution in [3.63, 3.8) is 0 Å². The first-order valence-corrected chi connectivity index (χ1v) is 8.71. The molecule has 5 nitrogen and oxygen atoms in total. The molecule has 0 unspecified atom stereocenters. The molecular formula is C15H23NO4S. The fraction of sp³-hybridized carbons (Fsp3) is 0.600. The molecule has 1 N–H and O–H groups in total. The molecule has 0 aliphatic carbocycles. The number of methoxy groups -OCH3 is 1. The lowest BCUT2D eigenvalue weighted by Crippen LogP contribution is -2.38. The van der Waals surface area contributed by atoms with Crippen LogP contribution in [-0.4, -0.2) is 44.6 Å². The Morgan fingerprint density at radius 2 is 2.00 bits per heavy atom. The van der Waals surface area contributed by atoms with Crippen LogP contribution >= 0.6 is 0 Å². The molecule has 0 radical (unpaired) electrons. The minimum absolute atomic E-state index is 0.0906. The number of benzene rings is 1. The van der Waals surface area contributed by atoms with E-state index in [2.05, 4.69) is 6.92 Å². The van der Waals surface area contributed by atoms with Crippen LogP contribution in [0.25, 0.3) is 0 Å². The van der Waals surface area contributed by atoms with E-state index >= 15 is 0 Å². The van der Waals surface area contributed by atoms with E-state index in [-0.39, 0.29) is 11.5 Å². The molecule has 0 amide bonds. The second-order valence-electron chi connectivity index (χ2n) is 5.53. The molecule has 1 aliphatic rings. The summed E-state index contributed by atoms with van der Waals surface area (Å²) in [6, 6.07) is 4.92. The van der Waals surface area contributed by atoms with E-state index in [4.69, 9.17) is 9.84 Å². The smallest absolute Gasteiger partial charge is 0.243 e. The number of aliphatic hydroxyl groups excluding tert-OH is 1. The second kappa shape index (κ2) is 6.77. The van der Waals surface area contributed by atoms with Gasteiger partial charge >= 0.3 is 0 Å². The highest BCUT2D eigenvalue weighted by molar-refractivity contribution is 7.89. The minimum Gasteiger partial charge on any atom is -0.497 e. The molecule has 21 heavy (non-hydrogen) atoms. The van der Waals surface area contributed by atoms with Crippen LogP contribution in [-0.2, 0) is 16.4 Å². The lowest BCUT2D eigenvalue weighted by Gasteiger charge is -2.30. The van der Waals surface area contributed by atoms with Crippen molar-refractivity contribution < 1.29 is 18.3 Å². The zero-order chi connectivity index (χ0) is 15.5. The lowest BCUT2D eigenvalue weighted by molar-refractivity contribution is 0.286. The van der Waals surface area contributed by atoms with Gasteiger partial charge in [0.15, 0.2) is 0 Å². The number of piperidine rings is 1. The standard InChI is InChI=1S/C15H23NO4S/c1-12-5-8-16(9-6-12)21(18,19)15-4-3-14(20-2)11-13(15)7-10-17/h3-4,11-12,17H,5-10H2,1-2H3. The summed E-state index contributed by atoms with van der Waals surface area (Å²) >= 11 is 0. The van der Waals surface area contributed by atoms with Gasteiger partial charge in [0.2, 0.25) is 10.0 Å². The van der Waals surface area contributed by atoms with Crippen molar-refractivity contribution >= 4 is 10.0 Å². The predicted molar refractivity (Wildman–Crippen MR) is 80.9 cm³/mol. The van der Waals surface area contributed by atoms with Gasteiger partial charge < -0.3 is 9.84 Å². The average molecular weight is 313 g/mol. The third-order valence-corrected chi connectivity index (χ3v) is 6.01. The number of hydrogen-bond donors (Lipinski definition) is 1. The third kappa shape index (κ3) is 3.56. The molecule has 1 aromatic carbocycles. The molecule has 1 fully saturated rings. The zero-order valence-corrected chi connectivity index (χ0v) is 13.4. The summed E-state index contributed by atoms with van der Waals surface area (Å²) in [6.07, 6.45) is 2.09. The van der Waals surface area contributed by atoms with E-state index in [1.807, 2.05) is 0 Å². The van der Waals surface area contributed by atoms with E-state index in [1.54, 1.807) is 22.5 Å². The van der Waals surface area contributed by atoms with E-state index in [1.165, 1.54) is 7.11 Å². The summed E-state index contributed by atoms with van der Waals surface area (Å²) in [7, 11) is -1.96. The first-order chi connectivity index (χ1) is 9.98. The largest absolute Gasteiger partial charge is 0.497 e. The number of hydrogen-bond acceptors (Lipinski definition) is 4.